The van der Waals surface area contributed by atoms with Crippen LogP contribution in [0.2, 0.25) is 0 Å². The summed E-state index contributed by atoms with van der Waals surface area (Å²) < 4.78 is 2.14. The summed E-state index contributed by atoms with van der Waals surface area (Å²) in [5.74, 6) is 0. The van der Waals surface area contributed by atoms with Gasteiger partial charge in [-0.25, -0.2) is 4.98 Å². The minimum absolute atomic E-state index is 0.715. The summed E-state index contributed by atoms with van der Waals surface area (Å²) in [4.78, 5) is 8.99. The number of nitrogens with zero attached hydrogens (tertiary/aromatic N) is 3. The van der Waals surface area contributed by atoms with Gasteiger partial charge in [-0.1, -0.05) is 48.5 Å². The molecule has 0 saturated carbocycles. The zero-order valence-electron chi connectivity index (χ0n) is 11.3. The molecule has 3 nitrogen and oxygen atoms in total. The first-order valence-corrected chi connectivity index (χ1v) is 7.24. The van der Waals surface area contributed by atoms with Crippen molar-refractivity contribution in [3.05, 3.63) is 66.4 Å². The van der Waals surface area contributed by atoms with Gasteiger partial charge in [0, 0.05) is 5.39 Å². The van der Waals surface area contributed by atoms with Gasteiger partial charge in [0.25, 0.3) is 0 Å². The smallest absolute Gasteiger partial charge is 0.166 e. The van der Waals surface area contributed by atoms with Gasteiger partial charge in [0.2, 0.25) is 0 Å². The predicted molar refractivity (Wildman–Crippen MR) is 87.8 cm³/mol. The van der Waals surface area contributed by atoms with Crippen molar-refractivity contribution in [2.45, 2.75) is 11.7 Å². The highest BCUT2D eigenvalue weighted by atomic mass is 32.1. The Hall–Kier alpha value is -2.33. The first kappa shape index (κ1) is 12.4. The Labute approximate surface area is 127 Å². The Kier molecular flexibility index (Phi) is 2.89. The van der Waals surface area contributed by atoms with E-state index in [-0.39, 0.29) is 0 Å². The number of hydrogen-bond donors (Lipinski definition) is 1. The van der Waals surface area contributed by atoms with Gasteiger partial charge in [-0.3, -0.25) is 4.98 Å². The number of para-hydroxylation sites is 1. The van der Waals surface area contributed by atoms with Gasteiger partial charge in [-0.2, -0.15) is 0 Å². The molecule has 2 aromatic carbocycles. The van der Waals surface area contributed by atoms with Gasteiger partial charge < -0.3 is 4.57 Å². The molecule has 0 fully saturated rings. The van der Waals surface area contributed by atoms with Crippen molar-refractivity contribution in [2.24, 2.45) is 0 Å². The number of benzene rings is 2. The van der Waals surface area contributed by atoms with E-state index in [1.165, 1.54) is 5.56 Å². The van der Waals surface area contributed by atoms with Crippen LogP contribution in [-0.2, 0) is 6.54 Å². The molecule has 0 aliphatic carbocycles. The van der Waals surface area contributed by atoms with Crippen LogP contribution in [0.15, 0.2) is 66.0 Å². The van der Waals surface area contributed by atoms with Crippen molar-refractivity contribution in [3.63, 3.8) is 0 Å². The molecule has 2 heterocycles. The molecular formula is C17H13N3S. The highest BCUT2D eigenvalue weighted by Crippen LogP contribution is 2.26. The lowest BCUT2D eigenvalue weighted by atomic mass is 10.2. The fourth-order valence-corrected chi connectivity index (χ4v) is 2.94. The molecule has 0 aliphatic heterocycles. The topological polar surface area (TPSA) is 30.7 Å². The number of aromatic nitrogens is 3. The quantitative estimate of drug-likeness (QED) is 0.567. The third-order valence-corrected chi connectivity index (χ3v) is 3.98. The van der Waals surface area contributed by atoms with Crippen molar-refractivity contribution in [2.75, 3.05) is 0 Å². The summed E-state index contributed by atoms with van der Waals surface area (Å²) in [6.07, 6.45) is 1.82. The fraction of sp³-hybridized carbons (Fsp3) is 0.0588. The molecule has 21 heavy (non-hydrogen) atoms. The first-order valence-electron chi connectivity index (χ1n) is 6.80. The number of hydrogen-bond acceptors (Lipinski definition) is 3. The summed E-state index contributed by atoms with van der Waals surface area (Å²) in [6.45, 7) is 0.754. The molecular weight excluding hydrogens is 278 g/mol. The number of fused-ring (bicyclic) bond motifs is 3. The van der Waals surface area contributed by atoms with Gasteiger partial charge >= 0.3 is 0 Å². The second-order valence-electron chi connectivity index (χ2n) is 4.99. The summed E-state index contributed by atoms with van der Waals surface area (Å²) in [7, 11) is 0. The van der Waals surface area contributed by atoms with Gasteiger partial charge in [-0.15, -0.1) is 12.6 Å². The summed E-state index contributed by atoms with van der Waals surface area (Å²) >= 11 is 4.54. The SMILES string of the molecule is Sc1nc2cnc3ccccc3c2n1Cc1ccccc1. The Morgan fingerprint density at radius 3 is 2.52 bits per heavy atom. The van der Waals surface area contributed by atoms with Gasteiger partial charge in [0.1, 0.15) is 5.52 Å². The van der Waals surface area contributed by atoms with E-state index in [9.17, 15) is 0 Å². The average Bonchev–Trinajstić information content (AvgIpc) is 2.85. The third-order valence-electron chi connectivity index (χ3n) is 3.64. The molecule has 0 radical (unpaired) electrons. The Balaban J connectivity index is 1.99. The van der Waals surface area contributed by atoms with Crippen LogP contribution >= 0.6 is 12.6 Å². The largest absolute Gasteiger partial charge is 0.314 e. The molecule has 0 spiro atoms. The van der Waals surface area contributed by atoms with E-state index in [0.717, 1.165) is 28.5 Å². The lowest BCUT2D eigenvalue weighted by Crippen LogP contribution is -2.00. The first-order chi connectivity index (χ1) is 10.3. The number of imidazole rings is 1. The van der Waals surface area contributed by atoms with Crippen molar-refractivity contribution in [1.29, 1.82) is 0 Å². The van der Waals surface area contributed by atoms with Crippen LogP contribution < -0.4 is 0 Å². The standard InChI is InChI=1S/C17H13N3S/c21-17-19-15-10-18-14-9-5-4-8-13(14)16(15)20(17)11-12-6-2-1-3-7-12/h1-10H,11H2,(H,19,21). The highest BCUT2D eigenvalue weighted by molar-refractivity contribution is 7.80. The van der Waals surface area contributed by atoms with Crippen molar-refractivity contribution in [3.8, 4) is 0 Å². The number of thiol groups is 1. The molecule has 0 amide bonds. The second kappa shape index (κ2) is 4.90. The predicted octanol–water partition coefficient (Wildman–Crippen LogP) is 3.92. The molecule has 0 atom stereocenters. The van der Waals surface area contributed by atoms with Crippen LogP contribution in [0.5, 0.6) is 0 Å². The van der Waals surface area contributed by atoms with E-state index < -0.39 is 0 Å². The summed E-state index contributed by atoms with van der Waals surface area (Å²) in [6, 6.07) is 18.5. The van der Waals surface area contributed by atoms with E-state index in [2.05, 4.69) is 45.4 Å². The lowest BCUT2D eigenvalue weighted by molar-refractivity contribution is 0.735. The zero-order valence-corrected chi connectivity index (χ0v) is 12.2. The average molecular weight is 291 g/mol. The molecule has 2 aromatic heterocycles. The molecule has 0 bridgehead atoms. The molecule has 0 unspecified atom stereocenters. The number of rotatable bonds is 2. The fourth-order valence-electron chi connectivity index (χ4n) is 2.67. The van der Waals surface area contributed by atoms with Gasteiger partial charge in [0.15, 0.2) is 5.16 Å². The lowest BCUT2D eigenvalue weighted by Gasteiger charge is -2.08. The summed E-state index contributed by atoms with van der Waals surface area (Å²) in [5, 5.41) is 1.82. The monoisotopic (exact) mass is 291 g/mol. The maximum atomic E-state index is 4.54. The molecule has 4 heteroatoms. The van der Waals surface area contributed by atoms with Gasteiger partial charge in [-0.05, 0) is 11.6 Å². The molecule has 4 aromatic rings. The Morgan fingerprint density at radius 2 is 1.67 bits per heavy atom. The van der Waals surface area contributed by atoms with Crippen LogP contribution in [0.3, 0.4) is 0 Å². The maximum absolute atomic E-state index is 4.54. The third kappa shape index (κ3) is 2.08. The molecule has 0 aliphatic rings. The van der Waals surface area contributed by atoms with Crippen molar-refractivity contribution >= 4 is 34.6 Å². The van der Waals surface area contributed by atoms with Gasteiger partial charge in [0.05, 0.1) is 23.8 Å². The minimum atomic E-state index is 0.715. The van der Waals surface area contributed by atoms with E-state index in [0.29, 0.717) is 5.16 Å². The number of pyridine rings is 1. The second-order valence-corrected chi connectivity index (χ2v) is 5.39. The zero-order chi connectivity index (χ0) is 14.2. The molecule has 4 rings (SSSR count). The van der Waals surface area contributed by atoms with Crippen LogP contribution in [-0.4, -0.2) is 14.5 Å². The van der Waals surface area contributed by atoms with Crippen LogP contribution in [0.25, 0.3) is 21.9 Å². The van der Waals surface area contributed by atoms with E-state index >= 15 is 0 Å². The van der Waals surface area contributed by atoms with E-state index in [4.69, 9.17) is 0 Å². The molecule has 0 N–H and O–H groups in total. The van der Waals surface area contributed by atoms with Crippen LogP contribution in [0.1, 0.15) is 5.56 Å². The normalized spacial score (nSPS) is 11.3. The maximum Gasteiger partial charge on any atom is 0.166 e. The van der Waals surface area contributed by atoms with Crippen molar-refractivity contribution < 1.29 is 0 Å². The van der Waals surface area contributed by atoms with E-state index in [1.807, 2.05) is 42.6 Å². The van der Waals surface area contributed by atoms with Crippen LogP contribution in [0, 0.1) is 0 Å². The highest BCUT2D eigenvalue weighted by Gasteiger charge is 2.12. The summed E-state index contributed by atoms with van der Waals surface area (Å²) in [5.41, 5.74) is 4.18. The Bertz CT molecular complexity index is 929. The molecule has 102 valence electrons. The van der Waals surface area contributed by atoms with Crippen LogP contribution in [0.4, 0.5) is 0 Å². The Morgan fingerprint density at radius 1 is 0.905 bits per heavy atom. The van der Waals surface area contributed by atoms with Crippen molar-refractivity contribution in [1.82, 2.24) is 14.5 Å². The molecule has 0 saturated heterocycles. The van der Waals surface area contributed by atoms with E-state index in [1.54, 1.807) is 0 Å². The minimum Gasteiger partial charge on any atom is -0.314 e.